The minimum atomic E-state index is -0.330. The lowest BCUT2D eigenvalue weighted by Gasteiger charge is -2.04. The topological polar surface area (TPSA) is 26.3 Å². The van der Waals surface area contributed by atoms with Gasteiger partial charge in [-0.05, 0) is 58.4 Å². The van der Waals surface area contributed by atoms with Gasteiger partial charge in [0.2, 0.25) is 0 Å². The van der Waals surface area contributed by atoms with E-state index in [4.69, 9.17) is 11.6 Å². The van der Waals surface area contributed by atoms with Gasteiger partial charge >= 0.3 is 5.97 Å². The second-order valence-electron chi connectivity index (χ2n) is 3.69. The Bertz CT molecular complexity index is 599. The minimum Gasteiger partial charge on any atom is -0.465 e. The Morgan fingerprint density at radius 2 is 1.79 bits per heavy atom. The van der Waals surface area contributed by atoms with E-state index >= 15 is 0 Å². The molecule has 0 radical (unpaired) electrons. The maximum atomic E-state index is 11.3. The number of carbonyl (C=O) groups is 1. The summed E-state index contributed by atoms with van der Waals surface area (Å²) in [7, 11) is 1.37. The van der Waals surface area contributed by atoms with Crippen LogP contribution in [0.3, 0.4) is 0 Å². The molecule has 19 heavy (non-hydrogen) atoms. The highest BCUT2D eigenvalue weighted by molar-refractivity contribution is 9.10. The molecule has 0 heterocycles. The molecule has 0 aliphatic carbocycles. The summed E-state index contributed by atoms with van der Waals surface area (Å²) < 4.78 is 5.53. The van der Waals surface area contributed by atoms with Crippen molar-refractivity contribution in [3.05, 3.63) is 57.5 Å². The minimum absolute atomic E-state index is 0.330. The Morgan fingerprint density at radius 1 is 1.16 bits per heavy atom. The van der Waals surface area contributed by atoms with Crippen LogP contribution in [0.1, 0.15) is 10.4 Å². The van der Waals surface area contributed by atoms with Crippen LogP contribution in [0.2, 0.25) is 5.02 Å². The molecule has 0 fully saturated rings. The van der Waals surface area contributed by atoms with Gasteiger partial charge in [-0.3, -0.25) is 0 Å². The Balaban J connectivity index is 2.15. The van der Waals surface area contributed by atoms with Crippen LogP contribution >= 0.6 is 39.3 Å². The number of ether oxygens (including phenoxy) is 1. The molecule has 0 bridgehead atoms. The Hall–Kier alpha value is -0.970. The lowest BCUT2D eigenvalue weighted by atomic mass is 10.2. The van der Waals surface area contributed by atoms with Crippen molar-refractivity contribution >= 4 is 45.3 Å². The molecule has 2 aromatic rings. The molecular formula is C14H10BrClO2S. The first-order valence-corrected chi connectivity index (χ1v) is 7.40. The Kier molecular flexibility index (Phi) is 4.91. The SMILES string of the molecule is COC(=O)c1ccc(Sc2ccc(Br)c(Cl)c2)cc1. The Morgan fingerprint density at radius 3 is 2.37 bits per heavy atom. The summed E-state index contributed by atoms with van der Waals surface area (Å²) in [5.74, 6) is -0.330. The van der Waals surface area contributed by atoms with Gasteiger partial charge in [0, 0.05) is 14.3 Å². The molecular weight excluding hydrogens is 348 g/mol. The highest BCUT2D eigenvalue weighted by Crippen LogP contribution is 2.32. The molecule has 2 rings (SSSR count). The summed E-state index contributed by atoms with van der Waals surface area (Å²) >= 11 is 11.0. The molecule has 98 valence electrons. The molecule has 0 amide bonds. The molecule has 5 heteroatoms. The molecule has 0 atom stereocenters. The maximum Gasteiger partial charge on any atom is 0.337 e. The third kappa shape index (κ3) is 3.75. The van der Waals surface area contributed by atoms with Gasteiger partial charge in [0.1, 0.15) is 0 Å². The highest BCUT2D eigenvalue weighted by atomic mass is 79.9. The van der Waals surface area contributed by atoms with Crippen LogP contribution in [-0.2, 0) is 4.74 Å². The van der Waals surface area contributed by atoms with Gasteiger partial charge in [-0.2, -0.15) is 0 Å². The molecule has 0 aliphatic heterocycles. The number of methoxy groups -OCH3 is 1. The van der Waals surface area contributed by atoms with E-state index in [1.807, 2.05) is 30.3 Å². The number of carbonyl (C=O) groups excluding carboxylic acids is 1. The monoisotopic (exact) mass is 356 g/mol. The van der Waals surface area contributed by atoms with E-state index in [1.54, 1.807) is 23.9 Å². The summed E-state index contributed by atoms with van der Waals surface area (Å²) in [6.45, 7) is 0. The summed E-state index contributed by atoms with van der Waals surface area (Å²) in [5.41, 5.74) is 0.542. The quantitative estimate of drug-likeness (QED) is 0.720. The lowest BCUT2D eigenvalue weighted by molar-refractivity contribution is 0.0600. The zero-order valence-corrected chi connectivity index (χ0v) is 13.2. The standard InChI is InChI=1S/C14H10BrClO2S/c1-18-14(17)9-2-4-10(5-3-9)19-11-6-7-12(15)13(16)8-11/h2-8H,1H3. The Labute approximate surface area is 129 Å². The molecule has 0 saturated carbocycles. The van der Waals surface area contributed by atoms with Crippen LogP contribution in [0.25, 0.3) is 0 Å². The van der Waals surface area contributed by atoms with Crippen molar-refractivity contribution in [3.63, 3.8) is 0 Å². The normalized spacial score (nSPS) is 10.3. The van der Waals surface area contributed by atoms with E-state index in [1.165, 1.54) is 7.11 Å². The summed E-state index contributed by atoms with van der Waals surface area (Å²) in [6.07, 6.45) is 0. The second kappa shape index (κ2) is 6.46. The smallest absolute Gasteiger partial charge is 0.337 e. The summed E-state index contributed by atoms with van der Waals surface area (Å²) in [4.78, 5) is 13.4. The number of hydrogen-bond acceptors (Lipinski definition) is 3. The predicted molar refractivity (Wildman–Crippen MR) is 81.1 cm³/mol. The molecule has 0 aromatic heterocycles. The van der Waals surface area contributed by atoms with Gasteiger partial charge in [0.25, 0.3) is 0 Å². The molecule has 2 nitrogen and oxygen atoms in total. The van der Waals surface area contributed by atoms with Gasteiger partial charge in [-0.15, -0.1) is 0 Å². The van der Waals surface area contributed by atoms with E-state index in [9.17, 15) is 4.79 Å². The lowest BCUT2D eigenvalue weighted by Crippen LogP contribution is -2.00. The van der Waals surface area contributed by atoms with Gasteiger partial charge in [0.05, 0.1) is 17.7 Å². The molecule has 0 N–H and O–H groups in total. The van der Waals surface area contributed by atoms with Crippen LogP contribution in [-0.4, -0.2) is 13.1 Å². The third-order valence-electron chi connectivity index (χ3n) is 2.40. The van der Waals surface area contributed by atoms with Crippen molar-refractivity contribution in [1.29, 1.82) is 0 Å². The van der Waals surface area contributed by atoms with Gasteiger partial charge in [-0.1, -0.05) is 23.4 Å². The van der Waals surface area contributed by atoms with E-state index in [2.05, 4.69) is 20.7 Å². The molecule has 2 aromatic carbocycles. The predicted octanol–water partition coefficient (Wildman–Crippen LogP) is 5.04. The summed E-state index contributed by atoms with van der Waals surface area (Å²) in [5, 5.41) is 0.677. The molecule has 0 spiro atoms. The van der Waals surface area contributed by atoms with Crippen LogP contribution in [0.15, 0.2) is 56.7 Å². The maximum absolute atomic E-state index is 11.3. The second-order valence-corrected chi connectivity index (χ2v) is 6.10. The first-order valence-electron chi connectivity index (χ1n) is 5.41. The van der Waals surface area contributed by atoms with E-state index < -0.39 is 0 Å². The van der Waals surface area contributed by atoms with E-state index in [0.717, 1.165) is 14.3 Å². The average Bonchev–Trinajstić information content (AvgIpc) is 2.43. The van der Waals surface area contributed by atoms with Crippen molar-refractivity contribution in [2.75, 3.05) is 7.11 Å². The van der Waals surface area contributed by atoms with Gasteiger partial charge < -0.3 is 4.74 Å². The fraction of sp³-hybridized carbons (Fsp3) is 0.0714. The summed E-state index contributed by atoms with van der Waals surface area (Å²) in [6, 6.07) is 13.0. The van der Waals surface area contributed by atoms with Crippen molar-refractivity contribution < 1.29 is 9.53 Å². The van der Waals surface area contributed by atoms with Crippen molar-refractivity contribution in [1.82, 2.24) is 0 Å². The number of hydrogen-bond donors (Lipinski definition) is 0. The fourth-order valence-electron chi connectivity index (χ4n) is 1.45. The number of rotatable bonds is 3. The zero-order chi connectivity index (χ0) is 13.8. The highest BCUT2D eigenvalue weighted by Gasteiger charge is 2.05. The van der Waals surface area contributed by atoms with Crippen LogP contribution in [0, 0.1) is 0 Å². The zero-order valence-electron chi connectivity index (χ0n) is 10.0. The fourth-order valence-corrected chi connectivity index (χ4v) is 2.80. The average molecular weight is 358 g/mol. The van der Waals surface area contributed by atoms with Crippen molar-refractivity contribution in [2.24, 2.45) is 0 Å². The van der Waals surface area contributed by atoms with Crippen molar-refractivity contribution in [2.45, 2.75) is 9.79 Å². The van der Waals surface area contributed by atoms with E-state index in [-0.39, 0.29) is 5.97 Å². The number of halogens is 2. The van der Waals surface area contributed by atoms with Crippen LogP contribution < -0.4 is 0 Å². The first-order chi connectivity index (χ1) is 9.10. The first kappa shape index (κ1) is 14.4. The van der Waals surface area contributed by atoms with Crippen LogP contribution in [0.4, 0.5) is 0 Å². The largest absolute Gasteiger partial charge is 0.465 e. The molecule has 0 unspecified atom stereocenters. The van der Waals surface area contributed by atoms with Crippen molar-refractivity contribution in [3.8, 4) is 0 Å². The van der Waals surface area contributed by atoms with Gasteiger partial charge in [0.15, 0.2) is 0 Å². The number of esters is 1. The molecule has 0 aliphatic rings. The third-order valence-corrected chi connectivity index (χ3v) is 4.63. The van der Waals surface area contributed by atoms with E-state index in [0.29, 0.717) is 10.6 Å². The number of benzene rings is 2. The van der Waals surface area contributed by atoms with Gasteiger partial charge in [-0.25, -0.2) is 4.79 Å². The molecule has 0 saturated heterocycles. The van der Waals surface area contributed by atoms with Crippen LogP contribution in [0.5, 0.6) is 0 Å².